The Balaban J connectivity index is 1.57. The van der Waals surface area contributed by atoms with Crippen molar-refractivity contribution in [3.05, 3.63) is 101 Å². The van der Waals surface area contributed by atoms with E-state index in [4.69, 9.17) is 0 Å². The lowest BCUT2D eigenvalue weighted by Crippen LogP contribution is -2.31. The van der Waals surface area contributed by atoms with Crippen LogP contribution in [0.3, 0.4) is 0 Å². The van der Waals surface area contributed by atoms with E-state index in [1.165, 1.54) is 0 Å². The zero-order chi connectivity index (χ0) is 20.9. The van der Waals surface area contributed by atoms with E-state index < -0.39 is 0 Å². The summed E-state index contributed by atoms with van der Waals surface area (Å²) in [5, 5.41) is 3.01. The van der Waals surface area contributed by atoms with Crippen molar-refractivity contribution in [3.63, 3.8) is 0 Å². The number of nitrogens with one attached hydrogen (secondary N) is 1. The van der Waals surface area contributed by atoms with Gasteiger partial charge in [0, 0.05) is 17.3 Å². The minimum Gasteiger partial charge on any atom is -0.353 e. The van der Waals surface area contributed by atoms with Crippen LogP contribution in [0.15, 0.2) is 78.9 Å². The van der Waals surface area contributed by atoms with E-state index in [0.29, 0.717) is 24.6 Å². The summed E-state index contributed by atoms with van der Waals surface area (Å²) in [4.78, 5) is 27.3. The second-order valence-corrected chi connectivity index (χ2v) is 7.88. The minimum atomic E-state index is -0.0313. The van der Waals surface area contributed by atoms with Crippen LogP contribution in [0.4, 0.5) is 5.69 Å². The largest absolute Gasteiger partial charge is 0.353 e. The van der Waals surface area contributed by atoms with Crippen LogP contribution in [-0.2, 0) is 17.8 Å². The van der Waals surface area contributed by atoms with Crippen LogP contribution in [0, 0.1) is 6.92 Å². The average molecular weight is 399 g/mol. The van der Waals surface area contributed by atoms with Crippen molar-refractivity contribution < 1.29 is 9.59 Å². The van der Waals surface area contributed by atoms with Crippen LogP contribution >= 0.6 is 0 Å². The maximum atomic E-state index is 13.4. The van der Waals surface area contributed by atoms with Gasteiger partial charge in [0.2, 0.25) is 5.91 Å². The van der Waals surface area contributed by atoms with Crippen molar-refractivity contribution >= 4 is 17.5 Å². The quantitative estimate of drug-likeness (QED) is 0.629. The topological polar surface area (TPSA) is 49.4 Å². The highest BCUT2D eigenvalue weighted by Gasteiger charge is 2.23. The number of aryl methyl sites for hydroxylation is 1. The number of amides is 2. The highest BCUT2D eigenvalue weighted by atomic mass is 16.2. The zero-order valence-electron chi connectivity index (χ0n) is 17.2. The standard InChI is InChI=1S/C26H26N2O2/c1-19-7-5-6-10-24(19)26(30)28(18-21-8-3-2-4-9-21)23-15-11-20(12-16-23)17-25(29)27-22-13-14-22/h2-12,15-16,22H,13-14,17-18H2,1H3,(H,27,29). The third kappa shape index (κ3) is 4.95. The van der Waals surface area contributed by atoms with Crippen LogP contribution in [0.1, 0.15) is 39.9 Å². The first-order valence-corrected chi connectivity index (χ1v) is 10.4. The van der Waals surface area contributed by atoms with Gasteiger partial charge in [-0.15, -0.1) is 0 Å². The Bertz CT molecular complexity index is 1020. The monoisotopic (exact) mass is 398 g/mol. The molecule has 1 fully saturated rings. The molecule has 0 aromatic heterocycles. The van der Waals surface area contributed by atoms with Gasteiger partial charge >= 0.3 is 0 Å². The van der Waals surface area contributed by atoms with E-state index in [1.807, 2.05) is 85.8 Å². The summed E-state index contributed by atoms with van der Waals surface area (Å²) in [5.41, 5.74) is 4.47. The molecule has 4 nitrogen and oxygen atoms in total. The number of nitrogens with zero attached hydrogens (tertiary/aromatic N) is 1. The van der Waals surface area contributed by atoms with Gasteiger partial charge in [-0.2, -0.15) is 0 Å². The highest BCUT2D eigenvalue weighted by Crippen LogP contribution is 2.23. The first kappa shape index (κ1) is 19.9. The summed E-state index contributed by atoms with van der Waals surface area (Å²) in [5.74, 6) is 0.0264. The molecule has 4 rings (SSSR count). The Kier molecular flexibility index (Phi) is 5.94. The normalized spacial score (nSPS) is 13.0. The lowest BCUT2D eigenvalue weighted by Gasteiger charge is -2.24. The maximum absolute atomic E-state index is 13.4. The molecule has 0 aliphatic heterocycles. The molecule has 0 unspecified atom stereocenters. The number of hydrogen-bond donors (Lipinski definition) is 1. The molecule has 1 N–H and O–H groups in total. The summed E-state index contributed by atoms with van der Waals surface area (Å²) < 4.78 is 0. The molecule has 152 valence electrons. The van der Waals surface area contributed by atoms with Crippen LogP contribution in [0.25, 0.3) is 0 Å². The lowest BCUT2D eigenvalue weighted by atomic mass is 10.1. The Hall–Kier alpha value is -3.40. The number of carbonyl (C=O) groups is 2. The summed E-state index contributed by atoms with van der Waals surface area (Å²) in [6, 6.07) is 25.7. The first-order valence-electron chi connectivity index (χ1n) is 10.4. The van der Waals surface area contributed by atoms with Gasteiger partial charge in [0.1, 0.15) is 0 Å². The molecule has 0 spiro atoms. The van der Waals surface area contributed by atoms with Gasteiger partial charge in [-0.1, -0.05) is 60.7 Å². The zero-order valence-corrected chi connectivity index (χ0v) is 17.2. The van der Waals surface area contributed by atoms with E-state index in [2.05, 4.69) is 5.32 Å². The highest BCUT2D eigenvalue weighted by molar-refractivity contribution is 6.07. The first-order chi connectivity index (χ1) is 14.6. The van der Waals surface area contributed by atoms with Gasteiger partial charge in [-0.25, -0.2) is 0 Å². The third-order valence-corrected chi connectivity index (χ3v) is 5.36. The number of hydrogen-bond acceptors (Lipinski definition) is 2. The fraction of sp³-hybridized carbons (Fsp3) is 0.231. The third-order valence-electron chi connectivity index (χ3n) is 5.36. The minimum absolute atomic E-state index is 0.0313. The Labute approximate surface area is 177 Å². The summed E-state index contributed by atoms with van der Waals surface area (Å²) >= 11 is 0. The Morgan fingerprint density at radius 3 is 2.20 bits per heavy atom. The summed E-state index contributed by atoms with van der Waals surface area (Å²) in [6.45, 7) is 2.44. The molecule has 2 amide bonds. The average Bonchev–Trinajstić information content (AvgIpc) is 3.57. The van der Waals surface area contributed by atoms with Crippen molar-refractivity contribution in [2.45, 2.75) is 38.8 Å². The molecule has 1 aliphatic carbocycles. The van der Waals surface area contributed by atoms with Gasteiger partial charge in [0.05, 0.1) is 13.0 Å². The molecule has 1 aliphatic rings. The van der Waals surface area contributed by atoms with Crippen molar-refractivity contribution in [3.8, 4) is 0 Å². The molecular formula is C26H26N2O2. The van der Waals surface area contributed by atoms with Gasteiger partial charge < -0.3 is 10.2 Å². The van der Waals surface area contributed by atoms with Crippen molar-refractivity contribution in [2.75, 3.05) is 4.90 Å². The van der Waals surface area contributed by atoms with Crippen LogP contribution in [0.5, 0.6) is 0 Å². The van der Waals surface area contributed by atoms with E-state index in [0.717, 1.165) is 35.2 Å². The van der Waals surface area contributed by atoms with Crippen molar-refractivity contribution in [1.82, 2.24) is 5.32 Å². The Morgan fingerprint density at radius 1 is 0.867 bits per heavy atom. The summed E-state index contributed by atoms with van der Waals surface area (Å²) in [7, 11) is 0. The van der Waals surface area contributed by atoms with Gasteiger partial charge in [-0.3, -0.25) is 9.59 Å². The maximum Gasteiger partial charge on any atom is 0.258 e. The molecular weight excluding hydrogens is 372 g/mol. The molecule has 3 aromatic carbocycles. The van der Waals surface area contributed by atoms with Crippen LogP contribution < -0.4 is 10.2 Å². The Morgan fingerprint density at radius 2 is 1.53 bits per heavy atom. The van der Waals surface area contributed by atoms with E-state index >= 15 is 0 Å². The molecule has 0 saturated heterocycles. The number of rotatable bonds is 7. The van der Waals surface area contributed by atoms with Gasteiger partial charge in [0.15, 0.2) is 0 Å². The number of carbonyl (C=O) groups excluding carboxylic acids is 2. The fourth-order valence-corrected chi connectivity index (χ4v) is 3.49. The van der Waals surface area contributed by atoms with Gasteiger partial charge in [0.25, 0.3) is 5.91 Å². The summed E-state index contributed by atoms with van der Waals surface area (Å²) in [6.07, 6.45) is 2.53. The second kappa shape index (κ2) is 8.95. The molecule has 30 heavy (non-hydrogen) atoms. The predicted molar refractivity (Wildman–Crippen MR) is 119 cm³/mol. The van der Waals surface area contributed by atoms with E-state index in [-0.39, 0.29) is 11.8 Å². The number of anilines is 1. The number of benzene rings is 3. The molecule has 0 bridgehead atoms. The predicted octanol–water partition coefficient (Wildman–Crippen LogP) is 4.66. The second-order valence-electron chi connectivity index (χ2n) is 7.88. The van der Waals surface area contributed by atoms with Gasteiger partial charge in [-0.05, 0) is 54.7 Å². The van der Waals surface area contributed by atoms with Crippen LogP contribution in [-0.4, -0.2) is 17.9 Å². The molecule has 1 saturated carbocycles. The molecule has 0 radical (unpaired) electrons. The lowest BCUT2D eigenvalue weighted by molar-refractivity contribution is -0.120. The smallest absolute Gasteiger partial charge is 0.258 e. The SMILES string of the molecule is Cc1ccccc1C(=O)N(Cc1ccccc1)c1ccc(CC(=O)NC2CC2)cc1. The van der Waals surface area contributed by atoms with E-state index in [1.54, 1.807) is 4.90 Å². The molecule has 3 aromatic rings. The molecule has 0 atom stereocenters. The van der Waals surface area contributed by atoms with Crippen molar-refractivity contribution in [2.24, 2.45) is 0 Å². The van der Waals surface area contributed by atoms with Crippen molar-refractivity contribution in [1.29, 1.82) is 0 Å². The van der Waals surface area contributed by atoms with E-state index in [9.17, 15) is 9.59 Å². The van der Waals surface area contributed by atoms with Crippen LogP contribution in [0.2, 0.25) is 0 Å². The molecule has 0 heterocycles. The molecule has 4 heteroatoms. The fourth-order valence-electron chi connectivity index (χ4n) is 3.49.